The van der Waals surface area contributed by atoms with Crippen molar-refractivity contribution >= 4 is 23.4 Å². The molecule has 0 aliphatic carbocycles. The molecule has 2 amide bonds. The van der Waals surface area contributed by atoms with Crippen molar-refractivity contribution in [2.24, 2.45) is 5.92 Å². The van der Waals surface area contributed by atoms with Gasteiger partial charge in [0.25, 0.3) is 5.91 Å². The third kappa shape index (κ3) is 6.11. The van der Waals surface area contributed by atoms with Gasteiger partial charge in [0.05, 0.1) is 23.4 Å². The fourth-order valence-corrected chi connectivity index (χ4v) is 5.28. The number of aliphatic hydroxyl groups excluding tert-OH is 1. The lowest BCUT2D eigenvalue weighted by atomic mass is 9.96. The van der Waals surface area contributed by atoms with Gasteiger partial charge in [-0.05, 0) is 54.5 Å². The van der Waals surface area contributed by atoms with Gasteiger partial charge in [0.15, 0.2) is 0 Å². The van der Waals surface area contributed by atoms with Crippen molar-refractivity contribution in [1.82, 2.24) is 20.2 Å². The normalized spacial score (nSPS) is 16.3. The van der Waals surface area contributed by atoms with E-state index in [0.717, 1.165) is 38.0 Å². The number of hydrogen-bond donors (Lipinski definition) is 2. The fourth-order valence-electron chi connectivity index (χ4n) is 5.08. The number of hydrogen-bond acceptors (Lipinski definition) is 6. The zero-order valence-electron chi connectivity index (χ0n) is 21.6. The highest BCUT2D eigenvalue weighted by Gasteiger charge is 2.30. The summed E-state index contributed by atoms with van der Waals surface area (Å²) in [6, 6.07) is 9.20. The number of benzene rings is 2. The number of nitrogens with zero attached hydrogens (tertiary/aromatic N) is 3. The van der Waals surface area contributed by atoms with Crippen molar-refractivity contribution < 1.29 is 23.8 Å². The predicted molar refractivity (Wildman–Crippen MR) is 144 cm³/mol. The minimum absolute atomic E-state index is 0.178. The second-order valence-corrected chi connectivity index (χ2v) is 10.5. The third-order valence-electron chi connectivity index (χ3n) is 7.30. The molecule has 0 bridgehead atoms. The maximum Gasteiger partial charge on any atom is 0.254 e. The first-order valence-corrected chi connectivity index (χ1v) is 13.4. The average molecular weight is 553 g/mol. The molecule has 0 saturated carbocycles. The van der Waals surface area contributed by atoms with Crippen LogP contribution in [0.15, 0.2) is 42.6 Å². The summed E-state index contributed by atoms with van der Waals surface area (Å²) in [6.45, 7) is 2.87. The topological polar surface area (TPSA) is 105 Å². The Morgan fingerprint density at radius 1 is 1.26 bits per heavy atom. The smallest absolute Gasteiger partial charge is 0.254 e. The van der Waals surface area contributed by atoms with E-state index in [0.29, 0.717) is 44.7 Å². The number of halogens is 2. The molecule has 1 atom stereocenters. The molecular weight excluding hydrogens is 523 g/mol. The van der Waals surface area contributed by atoms with Gasteiger partial charge in [-0.1, -0.05) is 35.9 Å². The molecule has 0 radical (unpaired) electrons. The van der Waals surface area contributed by atoms with E-state index in [1.807, 2.05) is 12.1 Å². The van der Waals surface area contributed by atoms with Crippen LogP contribution in [0.1, 0.15) is 51.8 Å². The third-order valence-corrected chi connectivity index (χ3v) is 7.58. The molecule has 10 heteroatoms. The van der Waals surface area contributed by atoms with Crippen LogP contribution < -0.4 is 5.32 Å². The summed E-state index contributed by atoms with van der Waals surface area (Å²) < 4.78 is 19.1. The molecule has 2 aliphatic heterocycles. The Labute approximate surface area is 231 Å². The molecule has 3 heterocycles. The summed E-state index contributed by atoms with van der Waals surface area (Å²) >= 11 is 6.45. The molecule has 3 aromatic rings. The van der Waals surface area contributed by atoms with Gasteiger partial charge in [0.1, 0.15) is 18.2 Å². The van der Waals surface area contributed by atoms with E-state index in [-0.39, 0.29) is 31.4 Å². The summed E-state index contributed by atoms with van der Waals surface area (Å²) in [4.78, 5) is 36.6. The van der Waals surface area contributed by atoms with Crippen LogP contribution in [0.5, 0.6) is 0 Å². The minimum atomic E-state index is -0.710. The van der Waals surface area contributed by atoms with Crippen LogP contribution in [0.2, 0.25) is 5.02 Å². The van der Waals surface area contributed by atoms with Crippen molar-refractivity contribution in [3.05, 3.63) is 81.5 Å². The molecule has 0 unspecified atom stereocenters. The lowest BCUT2D eigenvalue weighted by molar-refractivity contribution is -0.122. The molecule has 8 nitrogen and oxygen atoms in total. The van der Waals surface area contributed by atoms with E-state index < -0.39 is 11.9 Å². The molecule has 0 spiro atoms. The number of carbonyl (C=O) groups excluding carboxylic acids is 2. The van der Waals surface area contributed by atoms with E-state index in [1.54, 1.807) is 25.3 Å². The van der Waals surface area contributed by atoms with Crippen molar-refractivity contribution in [2.75, 3.05) is 26.4 Å². The molecule has 2 aromatic carbocycles. The SMILES string of the molecule is Cc1cc([C@@H](CO)NC(=O)CN2Cc3ccc(-c4nc(CC5CCOCC5)ncc4Cl)cc3C2=O)ccc1F. The predicted octanol–water partition coefficient (Wildman–Crippen LogP) is 4.02. The maximum atomic E-state index is 13.6. The molecule has 5 rings (SSSR count). The Kier molecular flexibility index (Phi) is 8.20. The van der Waals surface area contributed by atoms with Crippen LogP contribution >= 0.6 is 11.6 Å². The fraction of sp³-hybridized carbons (Fsp3) is 0.379. The van der Waals surface area contributed by atoms with Gasteiger partial charge in [-0.3, -0.25) is 9.59 Å². The van der Waals surface area contributed by atoms with Gasteiger partial charge in [-0.2, -0.15) is 0 Å². The van der Waals surface area contributed by atoms with Gasteiger partial charge in [-0.15, -0.1) is 0 Å². The molecule has 2 aliphatic rings. The number of aryl methyl sites for hydroxylation is 1. The summed E-state index contributed by atoms with van der Waals surface area (Å²) in [6.07, 6.45) is 4.29. The minimum Gasteiger partial charge on any atom is -0.394 e. The van der Waals surface area contributed by atoms with E-state index in [9.17, 15) is 19.1 Å². The second kappa shape index (κ2) is 11.8. The number of amides is 2. The maximum absolute atomic E-state index is 13.6. The largest absolute Gasteiger partial charge is 0.394 e. The molecule has 39 heavy (non-hydrogen) atoms. The molecule has 1 saturated heterocycles. The van der Waals surface area contributed by atoms with Gasteiger partial charge < -0.3 is 20.1 Å². The Hall–Kier alpha value is -3.40. The second-order valence-electron chi connectivity index (χ2n) is 10.1. The first kappa shape index (κ1) is 27.2. The highest BCUT2D eigenvalue weighted by Crippen LogP contribution is 2.31. The molecular formula is C29H30ClFN4O4. The van der Waals surface area contributed by atoms with Crippen molar-refractivity contribution in [2.45, 2.75) is 38.8 Å². The van der Waals surface area contributed by atoms with Crippen LogP contribution in [0.25, 0.3) is 11.3 Å². The van der Waals surface area contributed by atoms with Crippen molar-refractivity contribution in [3.63, 3.8) is 0 Å². The van der Waals surface area contributed by atoms with Gasteiger partial charge in [0, 0.05) is 43.5 Å². The Balaban J connectivity index is 1.27. The number of fused-ring (bicyclic) bond motifs is 1. The van der Waals surface area contributed by atoms with Crippen LogP contribution in [-0.4, -0.2) is 58.2 Å². The van der Waals surface area contributed by atoms with Crippen LogP contribution in [0.4, 0.5) is 4.39 Å². The number of carbonyl (C=O) groups is 2. The van der Waals surface area contributed by atoms with Crippen LogP contribution in [-0.2, 0) is 22.5 Å². The number of nitrogens with one attached hydrogen (secondary N) is 1. The van der Waals surface area contributed by atoms with Crippen molar-refractivity contribution in [1.29, 1.82) is 0 Å². The quantitative estimate of drug-likeness (QED) is 0.437. The first-order valence-electron chi connectivity index (χ1n) is 13.0. The summed E-state index contributed by atoms with van der Waals surface area (Å²) in [5, 5.41) is 12.9. The number of aliphatic hydroxyl groups is 1. The number of ether oxygens (including phenoxy) is 1. The van der Waals surface area contributed by atoms with Crippen LogP contribution in [0.3, 0.4) is 0 Å². The molecule has 2 N–H and O–H groups in total. The monoisotopic (exact) mass is 552 g/mol. The molecule has 1 aromatic heterocycles. The standard InChI is InChI=1S/C29H30ClFN4O4/c1-17-10-19(4-5-24(17)31)25(16-36)33-27(37)15-35-14-21-3-2-20(12-22(21)29(35)38)28-23(30)13-32-26(34-28)11-18-6-8-39-9-7-18/h2-5,10,12-13,18,25,36H,6-9,11,14-16H2,1H3,(H,33,37)/t25-/m1/s1. The van der Waals surface area contributed by atoms with E-state index in [2.05, 4.69) is 10.3 Å². The first-order chi connectivity index (χ1) is 18.8. The van der Waals surface area contributed by atoms with Gasteiger partial charge in [-0.25, -0.2) is 14.4 Å². The Bertz CT molecular complexity index is 1400. The van der Waals surface area contributed by atoms with E-state index in [4.69, 9.17) is 21.3 Å². The molecule has 204 valence electrons. The van der Waals surface area contributed by atoms with E-state index >= 15 is 0 Å². The summed E-state index contributed by atoms with van der Waals surface area (Å²) in [5.41, 5.74) is 3.58. The van der Waals surface area contributed by atoms with Gasteiger partial charge >= 0.3 is 0 Å². The lowest BCUT2D eigenvalue weighted by Gasteiger charge is -2.21. The Morgan fingerprint density at radius 2 is 2.05 bits per heavy atom. The van der Waals surface area contributed by atoms with Gasteiger partial charge in [0.2, 0.25) is 5.91 Å². The lowest BCUT2D eigenvalue weighted by Crippen LogP contribution is -2.40. The van der Waals surface area contributed by atoms with Crippen molar-refractivity contribution in [3.8, 4) is 11.3 Å². The summed E-state index contributed by atoms with van der Waals surface area (Å²) in [7, 11) is 0. The zero-order chi connectivity index (χ0) is 27.5. The molecule has 1 fully saturated rings. The number of aromatic nitrogens is 2. The number of rotatable bonds is 8. The van der Waals surface area contributed by atoms with E-state index in [1.165, 1.54) is 17.0 Å². The highest BCUT2D eigenvalue weighted by molar-refractivity contribution is 6.32. The zero-order valence-corrected chi connectivity index (χ0v) is 22.4. The highest BCUT2D eigenvalue weighted by atomic mass is 35.5. The van der Waals surface area contributed by atoms with Crippen LogP contribution in [0, 0.1) is 18.7 Å². The Morgan fingerprint density at radius 3 is 2.79 bits per heavy atom. The summed E-state index contributed by atoms with van der Waals surface area (Å²) in [5.74, 6) is 0.120. The average Bonchev–Trinajstić information content (AvgIpc) is 3.24.